The Morgan fingerprint density at radius 3 is 2.26 bits per heavy atom. The summed E-state index contributed by atoms with van der Waals surface area (Å²) in [5.41, 5.74) is 0.750. The lowest BCUT2D eigenvalue weighted by Crippen LogP contribution is -2.35. The van der Waals surface area contributed by atoms with Gasteiger partial charge in [0.05, 0.1) is 12.5 Å². The highest BCUT2D eigenvalue weighted by atomic mass is 35.5. The van der Waals surface area contributed by atoms with Crippen molar-refractivity contribution in [2.45, 2.75) is 26.7 Å². The standard InChI is InChI=1S/C16H20ClNO5/c1-4-22-16(21)18-13(19)9-23-15(20)14(10(2)3)11-5-7-12(17)8-6-11/h5-8,10,14H,4,9H2,1-3H3,(H,18,19,21)/t14-/m1/s1. The van der Waals surface area contributed by atoms with Crippen LogP contribution in [0.3, 0.4) is 0 Å². The molecule has 126 valence electrons. The van der Waals surface area contributed by atoms with Gasteiger partial charge in [-0.25, -0.2) is 4.79 Å². The van der Waals surface area contributed by atoms with Crippen LogP contribution in [0.25, 0.3) is 0 Å². The monoisotopic (exact) mass is 341 g/mol. The van der Waals surface area contributed by atoms with Crippen molar-refractivity contribution in [2.24, 2.45) is 5.92 Å². The summed E-state index contributed by atoms with van der Waals surface area (Å²) in [6, 6.07) is 6.86. The number of imide groups is 1. The van der Waals surface area contributed by atoms with Crippen molar-refractivity contribution in [1.82, 2.24) is 5.32 Å². The van der Waals surface area contributed by atoms with Crippen LogP contribution in [0.1, 0.15) is 32.3 Å². The molecule has 1 rings (SSSR count). The zero-order valence-electron chi connectivity index (χ0n) is 13.3. The third-order valence-corrected chi connectivity index (χ3v) is 3.26. The Kier molecular flexibility index (Phi) is 7.54. The molecule has 0 saturated carbocycles. The summed E-state index contributed by atoms with van der Waals surface area (Å²) in [4.78, 5) is 34.8. The van der Waals surface area contributed by atoms with Crippen molar-refractivity contribution in [3.63, 3.8) is 0 Å². The average molecular weight is 342 g/mol. The first-order valence-electron chi connectivity index (χ1n) is 7.23. The minimum atomic E-state index is -0.869. The fourth-order valence-electron chi connectivity index (χ4n) is 2.01. The number of benzene rings is 1. The Morgan fingerprint density at radius 1 is 1.13 bits per heavy atom. The number of esters is 1. The van der Waals surface area contributed by atoms with E-state index in [0.717, 1.165) is 5.56 Å². The maximum Gasteiger partial charge on any atom is 0.413 e. The van der Waals surface area contributed by atoms with E-state index in [1.165, 1.54) is 0 Å². The number of halogens is 1. The summed E-state index contributed by atoms with van der Waals surface area (Å²) >= 11 is 5.84. The van der Waals surface area contributed by atoms with Crippen molar-refractivity contribution in [3.05, 3.63) is 34.9 Å². The zero-order valence-corrected chi connectivity index (χ0v) is 14.1. The molecule has 0 unspecified atom stereocenters. The molecule has 7 heteroatoms. The predicted octanol–water partition coefficient (Wildman–Crippen LogP) is 2.90. The lowest BCUT2D eigenvalue weighted by atomic mass is 9.88. The Bertz CT molecular complexity index is 556. The molecule has 0 aliphatic carbocycles. The number of alkyl carbamates (subject to hydrolysis) is 1. The summed E-state index contributed by atoms with van der Waals surface area (Å²) in [6.07, 6.45) is -0.869. The summed E-state index contributed by atoms with van der Waals surface area (Å²) in [5.74, 6) is -1.84. The van der Waals surface area contributed by atoms with E-state index in [9.17, 15) is 14.4 Å². The molecule has 0 aliphatic heterocycles. The first-order valence-corrected chi connectivity index (χ1v) is 7.61. The highest BCUT2D eigenvalue weighted by molar-refractivity contribution is 6.30. The molecule has 0 spiro atoms. The molecule has 0 heterocycles. The molecular formula is C16H20ClNO5. The molecular weight excluding hydrogens is 322 g/mol. The van der Waals surface area contributed by atoms with Crippen LogP contribution in [0.15, 0.2) is 24.3 Å². The minimum Gasteiger partial charge on any atom is -0.455 e. The number of amides is 2. The fraction of sp³-hybridized carbons (Fsp3) is 0.438. The van der Waals surface area contributed by atoms with Gasteiger partial charge in [0, 0.05) is 5.02 Å². The van der Waals surface area contributed by atoms with Gasteiger partial charge in [-0.3, -0.25) is 14.9 Å². The van der Waals surface area contributed by atoms with Crippen molar-refractivity contribution in [3.8, 4) is 0 Å². The molecule has 0 radical (unpaired) electrons. The summed E-state index contributed by atoms with van der Waals surface area (Å²) in [7, 11) is 0. The van der Waals surface area contributed by atoms with Gasteiger partial charge in [-0.2, -0.15) is 0 Å². The molecule has 2 amide bonds. The third-order valence-electron chi connectivity index (χ3n) is 3.01. The average Bonchev–Trinajstić information content (AvgIpc) is 2.47. The SMILES string of the molecule is CCOC(=O)NC(=O)COC(=O)[C@@H](c1ccc(Cl)cc1)C(C)C. The molecule has 6 nitrogen and oxygen atoms in total. The van der Waals surface area contributed by atoms with Gasteiger partial charge in [-0.1, -0.05) is 37.6 Å². The van der Waals surface area contributed by atoms with Crippen molar-refractivity contribution in [2.75, 3.05) is 13.2 Å². The van der Waals surface area contributed by atoms with E-state index in [-0.39, 0.29) is 12.5 Å². The number of ether oxygens (including phenoxy) is 2. The summed E-state index contributed by atoms with van der Waals surface area (Å²) < 4.78 is 9.56. The molecule has 1 aromatic carbocycles. The summed E-state index contributed by atoms with van der Waals surface area (Å²) in [5, 5.41) is 2.52. The van der Waals surface area contributed by atoms with Gasteiger partial charge < -0.3 is 9.47 Å². The van der Waals surface area contributed by atoms with E-state index < -0.39 is 30.5 Å². The number of carbonyl (C=O) groups is 3. The largest absolute Gasteiger partial charge is 0.455 e. The Morgan fingerprint density at radius 2 is 1.74 bits per heavy atom. The maximum absolute atomic E-state index is 12.2. The van der Waals surface area contributed by atoms with E-state index in [0.29, 0.717) is 5.02 Å². The lowest BCUT2D eigenvalue weighted by molar-refractivity contribution is -0.150. The van der Waals surface area contributed by atoms with E-state index in [2.05, 4.69) is 4.74 Å². The van der Waals surface area contributed by atoms with Gasteiger partial charge in [0.25, 0.3) is 5.91 Å². The molecule has 0 aliphatic rings. The van der Waals surface area contributed by atoms with Crippen LogP contribution in [0.2, 0.25) is 5.02 Å². The second-order valence-corrected chi connectivity index (χ2v) is 5.59. The molecule has 0 fully saturated rings. The minimum absolute atomic E-state index is 0.0307. The van der Waals surface area contributed by atoms with Crippen LogP contribution in [0.5, 0.6) is 0 Å². The molecule has 1 aromatic rings. The highest BCUT2D eigenvalue weighted by Crippen LogP contribution is 2.27. The predicted molar refractivity (Wildman–Crippen MR) is 85.2 cm³/mol. The molecule has 0 saturated heterocycles. The topological polar surface area (TPSA) is 81.7 Å². The van der Waals surface area contributed by atoms with Gasteiger partial charge in [-0.05, 0) is 30.5 Å². The smallest absolute Gasteiger partial charge is 0.413 e. The second kappa shape index (κ2) is 9.15. The number of rotatable bonds is 6. The Labute approximate surface area is 140 Å². The van der Waals surface area contributed by atoms with E-state index >= 15 is 0 Å². The van der Waals surface area contributed by atoms with Crippen molar-refractivity contribution in [1.29, 1.82) is 0 Å². The van der Waals surface area contributed by atoms with E-state index in [1.54, 1.807) is 31.2 Å². The van der Waals surface area contributed by atoms with Crippen molar-refractivity contribution >= 4 is 29.6 Å². The second-order valence-electron chi connectivity index (χ2n) is 5.15. The third kappa shape index (κ3) is 6.28. The first-order chi connectivity index (χ1) is 10.8. The summed E-state index contributed by atoms with van der Waals surface area (Å²) in [6.45, 7) is 4.96. The van der Waals surface area contributed by atoms with Gasteiger partial charge in [0.2, 0.25) is 0 Å². The van der Waals surface area contributed by atoms with Gasteiger partial charge in [0.1, 0.15) is 0 Å². The van der Waals surface area contributed by atoms with Crippen LogP contribution >= 0.6 is 11.6 Å². The van der Waals surface area contributed by atoms with Crippen LogP contribution in [-0.4, -0.2) is 31.2 Å². The fourth-order valence-corrected chi connectivity index (χ4v) is 2.13. The van der Waals surface area contributed by atoms with Gasteiger partial charge >= 0.3 is 12.1 Å². The zero-order chi connectivity index (χ0) is 17.4. The number of carbonyl (C=O) groups excluding carboxylic acids is 3. The Balaban J connectivity index is 2.64. The van der Waals surface area contributed by atoms with Crippen molar-refractivity contribution < 1.29 is 23.9 Å². The maximum atomic E-state index is 12.2. The molecule has 1 atom stereocenters. The van der Waals surface area contributed by atoms with Crippen LogP contribution < -0.4 is 5.32 Å². The number of hydrogen-bond acceptors (Lipinski definition) is 5. The molecule has 1 N–H and O–H groups in total. The quantitative estimate of drug-likeness (QED) is 0.804. The van der Waals surface area contributed by atoms with Crippen LogP contribution in [-0.2, 0) is 19.1 Å². The van der Waals surface area contributed by atoms with Crippen LogP contribution in [0.4, 0.5) is 4.79 Å². The van der Waals surface area contributed by atoms with Crippen LogP contribution in [0, 0.1) is 5.92 Å². The van der Waals surface area contributed by atoms with Gasteiger partial charge in [-0.15, -0.1) is 0 Å². The Hall–Kier alpha value is -2.08. The number of nitrogens with one attached hydrogen (secondary N) is 1. The highest BCUT2D eigenvalue weighted by Gasteiger charge is 2.26. The van der Waals surface area contributed by atoms with E-state index in [1.807, 2.05) is 19.2 Å². The first kappa shape index (κ1) is 19.0. The lowest BCUT2D eigenvalue weighted by Gasteiger charge is -2.19. The molecule has 0 bridgehead atoms. The number of hydrogen-bond donors (Lipinski definition) is 1. The molecule has 0 aromatic heterocycles. The normalized spacial score (nSPS) is 11.7. The van der Waals surface area contributed by atoms with Gasteiger partial charge in [0.15, 0.2) is 6.61 Å². The van der Waals surface area contributed by atoms with E-state index in [4.69, 9.17) is 16.3 Å². The molecule has 23 heavy (non-hydrogen) atoms.